The molecule has 2 unspecified atom stereocenters. The van der Waals surface area contributed by atoms with Crippen LogP contribution in [0.4, 0.5) is 11.4 Å². The highest BCUT2D eigenvalue weighted by molar-refractivity contribution is 7.92. The second-order valence-electron chi connectivity index (χ2n) is 7.91. The summed E-state index contributed by atoms with van der Waals surface area (Å²) < 4.78 is 33.8. The lowest BCUT2D eigenvalue weighted by Crippen LogP contribution is -2.44. The number of nitrogens with one attached hydrogen (secondary N) is 1. The van der Waals surface area contributed by atoms with E-state index in [1.54, 1.807) is 43.4 Å². The van der Waals surface area contributed by atoms with E-state index in [4.69, 9.17) is 10.5 Å². The predicted molar refractivity (Wildman–Crippen MR) is 118 cm³/mol. The fourth-order valence-electron chi connectivity index (χ4n) is 4.07. The van der Waals surface area contributed by atoms with E-state index in [2.05, 4.69) is 4.72 Å². The first-order valence-electron chi connectivity index (χ1n) is 9.65. The molecule has 0 aromatic heterocycles. The Labute approximate surface area is 180 Å². The lowest BCUT2D eigenvalue weighted by atomic mass is 9.62. The molecule has 0 aliphatic heterocycles. The van der Waals surface area contributed by atoms with Crippen LogP contribution in [0.2, 0.25) is 0 Å². The summed E-state index contributed by atoms with van der Waals surface area (Å²) >= 11 is 0. The highest BCUT2D eigenvalue weighted by Crippen LogP contribution is 2.49. The van der Waals surface area contributed by atoms with Crippen LogP contribution in [0.1, 0.15) is 33.2 Å². The standard InChI is InChI=1S/C23H22N2O5S/c1-13-7-9-14(10-8-13)31(28,29)25-16-12-17(30-3)20(24)19-18(16)21(26)15-6-4-5-11-23(15,2)22(19)27/h4-12,15,25H,24H2,1-3H3. The molecule has 0 saturated heterocycles. The fourth-order valence-corrected chi connectivity index (χ4v) is 5.13. The summed E-state index contributed by atoms with van der Waals surface area (Å²) in [6.07, 6.45) is 6.74. The number of anilines is 2. The van der Waals surface area contributed by atoms with Crippen molar-refractivity contribution in [3.8, 4) is 5.75 Å². The molecule has 0 heterocycles. The highest BCUT2D eigenvalue weighted by Gasteiger charge is 2.51. The van der Waals surface area contributed by atoms with Crippen LogP contribution in [0.3, 0.4) is 0 Å². The zero-order chi connectivity index (χ0) is 22.6. The van der Waals surface area contributed by atoms with Crippen molar-refractivity contribution in [1.82, 2.24) is 0 Å². The van der Waals surface area contributed by atoms with Crippen LogP contribution in [0.25, 0.3) is 0 Å². The molecular formula is C23H22N2O5S. The Morgan fingerprint density at radius 1 is 1.10 bits per heavy atom. The van der Waals surface area contributed by atoms with Crippen LogP contribution in [-0.4, -0.2) is 27.1 Å². The molecule has 4 rings (SSSR count). The van der Waals surface area contributed by atoms with E-state index in [0.717, 1.165) is 5.56 Å². The minimum atomic E-state index is -4.03. The van der Waals surface area contributed by atoms with Crippen molar-refractivity contribution in [3.05, 3.63) is 71.3 Å². The van der Waals surface area contributed by atoms with Gasteiger partial charge in [-0.3, -0.25) is 14.3 Å². The van der Waals surface area contributed by atoms with Crippen molar-refractivity contribution in [3.63, 3.8) is 0 Å². The van der Waals surface area contributed by atoms with E-state index in [1.165, 1.54) is 25.3 Å². The molecule has 2 aromatic carbocycles. The van der Waals surface area contributed by atoms with Gasteiger partial charge in [0.05, 0.1) is 45.8 Å². The summed E-state index contributed by atoms with van der Waals surface area (Å²) in [7, 11) is -2.67. The van der Waals surface area contributed by atoms with E-state index >= 15 is 0 Å². The number of carbonyl (C=O) groups excluding carboxylic acids is 2. The van der Waals surface area contributed by atoms with E-state index in [1.807, 2.05) is 6.92 Å². The van der Waals surface area contributed by atoms with E-state index in [-0.39, 0.29) is 44.7 Å². The Morgan fingerprint density at radius 3 is 2.42 bits per heavy atom. The van der Waals surface area contributed by atoms with Crippen LogP contribution >= 0.6 is 0 Å². The molecule has 3 N–H and O–H groups in total. The predicted octanol–water partition coefficient (Wildman–Crippen LogP) is 3.51. The summed E-state index contributed by atoms with van der Waals surface area (Å²) in [6.45, 7) is 3.52. The number of carbonyl (C=O) groups is 2. The van der Waals surface area contributed by atoms with Gasteiger partial charge in [0.25, 0.3) is 10.0 Å². The number of methoxy groups -OCH3 is 1. The van der Waals surface area contributed by atoms with Crippen LogP contribution in [0.5, 0.6) is 5.75 Å². The van der Waals surface area contributed by atoms with Gasteiger partial charge >= 0.3 is 0 Å². The van der Waals surface area contributed by atoms with Gasteiger partial charge in [-0.25, -0.2) is 8.42 Å². The number of sulfonamides is 1. The number of rotatable bonds is 4. The first-order chi connectivity index (χ1) is 14.6. The topological polar surface area (TPSA) is 116 Å². The van der Waals surface area contributed by atoms with Crippen molar-refractivity contribution in [2.75, 3.05) is 17.6 Å². The van der Waals surface area contributed by atoms with E-state index in [9.17, 15) is 18.0 Å². The average molecular weight is 439 g/mol. The number of ether oxygens (including phenoxy) is 1. The Kier molecular flexibility index (Phi) is 4.77. The number of hydrogen-bond donors (Lipinski definition) is 2. The number of Topliss-reactive ketones (excluding diaryl/α,β-unsaturated/α-hetero) is 2. The largest absolute Gasteiger partial charge is 0.494 e. The molecule has 0 amide bonds. The smallest absolute Gasteiger partial charge is 0.261 e. The van der Waals surface area contributed by atoms with Gasteiger partial charge in [-0.15, -0.1) is 0 Å². The third-order valence-electron chi connectivity index (χ3n) is 5.87. The minimum absolute atomic E-state index is 0.0109. The van der Waals surface area contributed by atoms with Crippen LogP contribution in [0, 0.1) is 18.3 Å². The van der Waals surface area contributed by atoms with Gasteiger partial charge in [0.1, 0.15) is 5.75 Å². The zero-order valence-corrected chi connectivity index (χ0v) is 18.1. The van der Waals surface area contributed by atoms with Crippen LogP contribution in [0.15, 0.2) is 59.5 Å². The molecule has 8 heteroatoms. The summed E-state index contributed by atoms with van der Waals surface area (Å²) in [4.78, 5) is 27.0. The number of ketones is 2. The van der Waals surface area contributed by atoms with E-state index in [0.29, 0.717) is 0 Å². The second kappa shape index (κ2) is 7.09. The summed E-state index contributed by atoms with van der Waals surface area (Å²) in [5, 5.41) is 0. The number of nitrogens with two attached hydrogens (primary N) is 1. The molecule has 0 spiro atoms. The van der Waals surface area contributed by atoms with Gasteiger partial charge in [-0.05, 0) is 26.0 Å². The minimum Gasteiger partial charge on any atom is -0.494 e. The van der Waals surface area contributed by atoms with Crippen molar-refractivity contribution < 1.29 is 22.7 Å². The zero-order valence-electron chi connectivity index (χ0n) is 17.3. The monoisotopic (exact) mass is 438 g/mol. The van der Waals surface area contributed by atoms with Gasteiger partial charge in [0, 0.05) is 6.07 Å². The quantitative estimate of drug-likeness (QED) is 0.706. The summed E-state index contributed by atoms with van der Waals surface area (Å²) in [5.74, 6) is -1.39. The molecule has 7 nitrogen and oxygen atoms in total. The highest BCUT2D eigenvalue weighted by atomic mass is 32.2. The van der Waals surface area contributed by atoms with Crippen molar-refractivity contribution in [1.29, 1.82) is 0 Å². The van der Waals surface area contributed by atoms with Crippen LogP contribution in [-0.2, 0) is 10.0 Å². The molecule has 2 aliphatic rings. The number of hydrogen-bond acceptors (Lipinski definition) is 6. The van der Waals surface area contributed by atoms with Crippen molar-refractivity contribution in [2.24, 2.45) is 11.3 Å². The normalized spacial score (nSPS) is 22.1. The lowest BCUT2D eigenvalue weighted by molar-refractivity contribution is 0.0703. The Hall–Kier alpha value is -3.39. The fraction of sp³-hybridized carbons (Fsp3) is 0.217. The molecule has 2 aromatic rings. The Balaban J connectivity index is 1.93. The SMILES string of the molecule is COc1cc(NS(=O)(=O)c2ccc(C)cc2)c2c(c1N)C(=O)C1(C)C=CC=CC1C2=O. The average Bonchev–Trinajstić information content (AvgIpc) is 2.73. The second-order valence-corrected chi connectivity index (χ2v) is 9.59. The maximum atomic E-state index is 13.5. The molecule has 0 bridgehead atoms. The first-order valence-corrected chi connectivity index (χ1v) is 11.1. The van der Waals surface area contributed by atoms with Gasteiger partial charge in [0.15, 0.2) is 11.6 Å². The molecule has 31 heavy (non-hydrogen) atoms. The van der Waals surface area contributed by atoms with Gasteiger partial charge in [-0.2, -0.15) is 0 Å². The molecular weight excluding hydrogens is 416 g/mol. The molecule has 2 aliphatic carbocycles. The third kappa shape index (κ3) is 3.14. The van der Waals surface area contributed by atoms with Crippen molar-refractivity contribution in [2.45, 2.75) is 18.7 Å². The molecule has 0 saturated carbocycles. The van der Waals surface area contributed by atoms with E-state index < -0.39 is 21.4 Å². The number of fused-ring (bicyclic) bond motifs is 2. The Morgan fingerprint density at radius 2 is 1.77 bits per heavy atom. The van der Waals surface area contributed by atoms with Gasteiger partial charge < -0.3 is 10.5 Å². The summed E-state index contributed by atoms with van der Waals surface area (Å²) in [6, 6.07) is 7.63. The number of aryl methyl sites for hydroxylation is 1. The molecule has 160 valence electrons. The van der Waals surface area contributed by atoms with Crippen LogP contribution < -0.4 is 15.2 Å². The summed E-state index contributed by atoms with van der Waals surface area (Å²) in [5.41, 5.74) is 5.90. The molecule has 0 radical (unpaired) electrons. The number of nitrogen functional groups attached to an aromatic ring is 1. The molecule has 2 atom stereocenters. The molecule has 0 fully saturated rings. The maximum Gasteiger partial charge on any atom is 0.261 e. The maximum absolute atomic E-state index is 13.5. The third-order valence-corrected chi connectivity index (χ3v) is 7.25. The lowest BCUT2D eigenvalue weighted by Gasteiger charge is -2.38. The van der Waals surface area contributed by atoms with Crippen molar-refractivity contribution >= 4 is 33.0 Å². The Bertz CT molecular complexity index is 1280. The van der Waals surface area contributed by atoms with Gasteiger partial charge in [0.2, 0.25) is 0 Å². The number of allylic oxidation sites excluding steroid dienone is 4. The first kappa shape index (κ1) is 20.9. The van der Waals surface area contributed by atoms with Gasteiger partial charge in [-0.1, -0.05) is 42.0 Å². The number of benzene rings is 2.